The molecule has 0 amide bonds. The van der Waals surface area contributed by atoms with Crippen molar-refractivity contribution in [2.75, 3.05) is 12.4 Å². The first-order valence-corrected chi connectivity index (χ1v) is 12.4. The highest BCUT2D eigenvalue weighted by Gasteiger charge is 2.14. The quantitative estimate of drug-likeness (QED) is 0.227. The number of phenolic OH excluding ortho intramolecular Hbond substituents is 2. The Balaban J connectivity index is 1.75. The van der Waals surface area contributed by atoms with Gasteiger partial charge in [0.15, 0.2) is 15.6 Å². The molecule has 0 aliphatic carbocycles. The highest BCUT2D eigenvalue weighted by atomic mass is 32.2. The van der Waals surface area contributed by atoms with E-state index in [2.05, 4.69) is 32.4 Å². The summed E-state index contributed by atoms with van der Waals surface area (Å²) in [6.45, 7) is 5.09. The van der Waals surface area contributed by atoms with E-state index in [0.29, 0.717) is 33.4 Å². The van der Waals surface area contributed by atoms with Crippen LogP contribution in [0, 0.1) is 6.92 Å². The average molecular weight is 502 g/mol. The van der Waals surface area contributed by atoms with Crippen LogP contribution in [0.15, 0.2) is 104 Å². The van der Waals surface area contributed by atoms with Gasteiger partial charge in [0, 0.05) is 23.2 Å². The Morgan fingerprint density at radius 1 is 0.833 bits per heavy atom. The molecule has 9 nitrogen and oxygen atoms in total. The van der Waals surface area contributed by atoms with E-state index < -0.39 is 9.84 Å². The van der Waals surface area contributed by atoms with Crippen LogP contribution in [-0.2, 0) is 9.84 Å². The van der Waals surface area contributed by atoms with Crippen molar-refractivity contribution in [3.05, 3.63) is 84.3 Å². The lowest BCUT2D eigenvalue weighted by molar-refractivity contribution is 0.475. The van der Waals surface area contributed by atoms with Crippen LogP contribution in [0.4, 0.5) is 28.4 Å². The zero-order valence-corrected chi connectivity index (χ0v) is 20.4. The Labute approximate surface area is 208 Å². The molecule has 0 bridgehead atoms. The monoisotopic (exact) mass is 501 g/mol. The maximum Gasteiger partial charge on any atom is 0.199 e. The van der Waals surface area contributed by atoms with Crippen molar-refractivity contribution >= 4 is 49.0 Å². The van der Waals surface area contributed by atoms with Crippen molar-refractivity contribution in [2.24, 2.45) is 20.5 Å². The number of nitrogens with one attached hydrogen (secondary N) is 1. The Hall–Kier alpha value is -4.57. The number of sulfone groups is 1. The van der Waals surface area contributed by atoms with Gasteiger partial charge in [0.1, 0.15) is 22.8 Å². The van der Waals surface area contributed by atoms with E-state index in [1.807, 2.05) is 0 Å². The fraction of sp³-hybridized carbons (Fsp3) is 0.0769. The van der Waals surface area contributed by atoms with Gasteiger partial charge in [-0.2, -0.15) is 5.11 Å². The number of fused-ring (bicyclic) bond motifs is 1. The van der Waals surface area contributed by atoms with Crippen molar-refractivity contribution in [2.45, 2.75) is 11.8 Å². The summed E-state index contributed by atoms with van der Waals surface area (Å²) in [6, 6.07) is 17.9. The summed E-state index contributed by atoms with van der Waals surface area (Å²) < 4.78 is 24.1. The maximum atomic E-state index is 12.0. The SMILES string of the molecule is C=CS(=O)(=O)c1ccc(/N=N/c2c(NC)ccc3c(O)c(/N=N/c4ccccc4O)ccc23)c(C)c1. The zero-order chi connectivity index (χ0) is 25.9. The standard InChI is InChI=1S/C26H23N5O4S/c1-4-36(34,35)17-9-12-20(16(2)15-17)28-31-25-18-10-14-23(26(33)19(18)11-13-22(25)27-3)30-29-21-7-5-6-8-24(21)32/h4-15,27,32-33H,1H2,2-3H3/b30-29+,31-28+. The van der Waals surface area contributed by atoms with Crippen molar-refractivity contribution in [3.8, 4) is 11.5 Å². The van der Waals surface area contributed by atoms with Gasteiger partial charge in [-0.1, -0.05) is 18.7 Å². The molecule has 0 unspecified atom stereocenters. The van der Waals surface area contributed by atoms with Crippen LogP contribution in [-0.4, -0.2) is 25.7 Å². The molecule has 182 valence electrons. The minimum absolute atomic E-state index is 0.0201. The number of aryl methyl sites for hydroxylation is 1. The summed E-state index contributed by atoms with van der Waals surface area (Å²) in [4.78, 5) is 0.130. The lowest BCUT2D eigenvalue weighted by Crippen LogP contribution is -1.95. The molecule has 0 aliphatic rings. The van der Waals surface area contributed by atoms with Crippen LogP contribution in [0.2, 0.25) is 0 Å². The van der Waals surface area contributed by atoms with Crippen LogP contribution in [0.25, 0.3) is 10.8 Å². The third-order valence-electron chi connectivity index (χ3n) is 5.51. The third-order valence-corrected chi connectivity index (χ3v) is 6.86. The summed E-state index contributed by atoms with van der Waals surface area (Å²) >= 11 is 0. The smallest absolute Gasteiger partial charge is 0.199 e. The first-order valence-electron chi connectivity index (χ1n) is 10.8. The molecule has 0 fully saturated rings. The van der Waals surface area contributed by atoms with Crippen LogP contribution < -0.4 is 5.32 Å². The predicted octanol–water partition coefficient (Wildman–Crippen LogP) is 7.35. The van der Waals surface area contributed by atoms with E-state index in [1.54, 1.807) is 62.5 Å². The van der Waals surface area contributed by atoms with E-state index >= 15 is 0 Å². The summed E-state index contributed by atoms with van der Waals surface area (Å²) in [7, 11) is -1.81. The van der Waals surface area contributed by atoms with Crippen molar-refractivity contribution in [1.82, 2.24) is 0 Å². The fourth-order valence-electron chi connectivity index (χ4n) is 3.53. The summed E-state index contributed by atoms with van der Waals surface area (Å²) in [6.07, 6.45) is 0. The molecule has 4 rings (SSSR count). The fourth-order valence-corrected chi connectivity index (χ4v) is 4.32. The minimum Gasteiger partial charge on any atom is -0.506 e. The zero-order valence-electron chi connectivity index (χ0n) is 19.5. The first-order chi connectivity index (χ1) is 17.2. The lowest BCUT2D eigenvalue weighted by Gasteiger charge is -2.11. The molecule has 0 aromatic heterocycles. The second-order valence-electron chi connectivity index (χ2n) is 7.79. The summed E-state index contributed by atoms with van der Waals surface area (Å²) in [5, 5.41) is 42.7. The van der Waals surface area contributed by atoms with Crippen LogP contribution in [0.1, 0.15) is 5.56 Å². The Bertz CT molecular complexity index is 1650. The predicted molar refractivity (Wildman–Crippen MR) is 140 cm³/mol. The first kappa shape index (κ1) is 24.6. The summed E-state index contributed by atoms with van der Waals surface area (Å²) in [5.74, 6) is -0.116. The second kappa shape index (κ2) is 9.96. The molecule has 0 atom stereocenters. The van der Waals surface area contributed by atoms with E-state index in [4.69, 9.17) is 0 Å². The highest BCUT2D eigenvalue weighted by Crippen LogP contribution is 2.43. The number of hydrogen-bond acceptors (Lipinski definition) is 9. The molecule has 10 heteroatoms. The molecular weight excluding hydrogens is 478 g/mol. The van der Waals surface area contributed by atoms with E-state index in [1.165, 1.54) is 18.2 Å². The molecule has 4 aromatic rings. The normalized spacial score (nSPS) is 11.9. The van der Waals surface area contributed by atoms with Gasteiger partial charge in [0.05, 0.1) is 16.3 Å². The molecule has 0 spiro atoms. The lowest BCUT2D eigenvalue weighted by atomic mass is 10.1. The summed E-state index contributed by atoms with van der Waals surface area (Å²) in [5.41, 5.74) is 2.78. The number of azo groups is 2. The van der Waals surface area contributed by atoms with Gasteiger partial charge in [0.25, 0.3) is 0 Å². The second-order valence-corrected chi connectivity index (χ2v) is 9.68. The van der Waals surface area contributed by atoms with Crippen LogP contribution in [0.3, 0.4) is 0 Å². The number of rotatable bonds is 7. The molecule has 4 aromatic carbocycles. The van der Waals surface area contributed by atoms with E-state index in [-0.39, 0.29) is 27.8 Å². The topological polar surface area (TPSA) is 136 Å². The van der Waals surface area contributed by atoms with Gasteiger partial charge >= 0.3 is 0 Å². The largest absolute Gasteiger partial charge is 0.506 e. The molecule has 36 heavy (non-hydrogen) atoms. The van der Waals surface area contributed by atoms with Gasteiger partial charge in [-0.15, -0.1) is 15.3 Å². The molecule has 0 radical (unpaired) electrons. The average Bonchev–Trinajstić information content (AvgIpc) is 2.88. The number of aromatic hydroxyl groups is 2. The third kappa shape index (κ3) is 4.80. The number of hydrogen-bond donors (Lipinski definition) is 3. The Kier molecular flexibility index (Phi) is 6.80. The Morgan fingerprint density at radius 3 is 2.19 bits per heavy atom. The molecule has 0 saturated heterocycles. The van der Waals surface area contributed by atoms with Gasteiger partial charge in [0.2, 0.25) is 0 Å². The number of anilines is 1. The molecule has 0 aliphatic heterocycles. The number of benzene rings is 4. The van der Waals surface area contributed by atoms with Gasteiger partial charge in [-0.25, -0.2) is 8.42 Å². The van der Waals surface area contributed by atoms with Gasteiger partial charge < -0.3 is 15.5 Å². The van der Waals surface area contributed by atoms with E-state index in [9.17, 15) is 18.6 Å². The van der Waals surface area contributed by atoms with Gasteiger partial charge in [-0.3, -0.25) is 0 Å². The minimum atomic E-state index is -3.55. The van der Waals surface area contributed by atoms with Crippen molar-refractivity contribution in [1.29, 1.82) is 0 Å². The molecule has 0 saturated carbocycles. The van der Waals surface area contributed by atoms with Crippen molar-refractivity contribution < 1.29 is 18.6 Å². The number of phenols is 2. The van der Waals surface area contributed by atoms with Crippen LogP contribution in [0.5, 0.6) is 11.5 Å². The van der Waals surface area contributed by atoms with E-state index in [0.717, 1.165) is 5.41 Å². The maximum absolute atomic E-state index is 12.0. The highest BCUT2D eigenvalue weighted by molar-refractivity contribution is 7.94. The number of para-hydroxylation sites is 1. The van der Waals surface area contributed by atoms with Gasteiger partial charge in [-0.05, 0) is 67.1 Å². The van der Waals surface area contributed by atoms with Crippen LogP contribution >= 0.6 is 0 Å². The molecule has 3 N–H and O–H groups in total. The Morgan fingerprint density at radius 2 is 1.50 bits per heavy atom. The number of nitrogens with zero attached hydrogens (tertiary/aromatic N) is 4. The van der Waals surface area contributed by atoms with Crippen molar-refractivity contribution in [3.63, 3.8) is 0 Å². The molecular formula is C26H23N5O4S. The molecule has 0 heterocycles.